The first-order valence-corrected chi connectivity index (χ1v) is 7.68. The number of ether oxygens (including phenoxy) is 1. The maximum atomic E-state index is 12.4. The number of sulfonamides is 1. The van der Waals surface area contributed by atoms with Gasteiger partial charge in [0, 0.05) is 26.4 Å². The van der Waals surface area contributed by atoms with Crippen molar-refractivity contribution >= 4 is 21.6 Å². The molecular weight excluding hydrogens is 292 g/mol. The van der Waals surface area contributed by atoms with Gasteiger partial charge in [0.1, 0.15) is 5.02 Å². The molecule has 1 aliphatic heterocycles. The Bertz CT molecular complexity index is 605. The van der Waals surface area contributed by atoms with Crippen molar-refractivity contribution in [1.82, 2.24) is 9.29 Å². The van der Waals surface area contributed by atoms with Crippen LogP contribution in [0.2, 0.25) is 5.02 Å². The maximum absolute atomic E-state index is 12.4. The molecular formula is C11H15ClN2O4S. The summed E-state index contributed by atoms with van der Waals surface area (Å²) >= 11 is 5.66. The van der Waals surface area contributed by atoms with Gasteiger partial charge >= 0.3 is 0 Å². The van der Waals surface area contributed by atoms with E-state index in [0.29, 0.717) is 25.9 Å². The molecule has 0 bridgehead atoms. The third-order valence-corrected chi connectivity index (χ3v) is 5.36. The molecule has 0 unspecified atom stereocenters. The lowest BCUT2D eigenvalue weighted by Gasteiger charge is -2.30. The largest absolute Gasteiger partial charge is 0.381 e. The summed E-state index contributed by atoms with van der Waals surface area (Å²) in [7, 11) is -1.99. The molecule has 0 radical (unpaired) electrons. The number of aromatic nitrogens is 1. The normalized spacial score (nSPS) is 18.6. The molecule has 2 rings (SSSR count). The summed E-state index contributed by atoms with van der Waals surface area (Å²) in [4.78, 5) is 13.5. The number of piperidine rings is 1. The topological polar surface area (TPSA) is 79.5 Å². The van der Waals surface area contributed by atoms with Crippen molar-refractivity contribution in [1.29, 1.82) is 0 Å². The first-order chi connectivity index (χ1) is 8.95. The molecule has 0 saturated carbocycles. The number of methoxy groups -OCH3 is 1. The Morgan fingerprint density at radius 3 is 2.58 bits per heavy atom. The molecule has 1 fully saturated rings. The van der Waals surface area contributed by atoms with Gasteiger partial charge in [0.25, 0.3) is 5.56 Å². The summed E-state index contributed by atoms with van der Waals surface area (Å²) in [5.41, 5.74) is -0.501. The molecule has 0 atom stereocenters. The Balaban J connectivity index is 2.23. The third-order valence-electron chi connectivity index (χ3n) is 3.20. The Labute approximate surface area is 116 Å². The van der Waals surface area contributed by atoms with E-state index in [9.17, 15) is 13.2 Å². The summed E-state index contributed by atoms with van der Waals surface area (Å²) in [6.45, 7) is 0.801. The number of halogens is 1. The van der Waals surface area contributed by atoms with Crippen molar-refractivity contribution in [2.75, 3.05) is 20.2 Å². The van der Waals surface area contributed by atoms with Crippen molar-refractivity contribution in [3.05, 3.63) is 27.6 Å². The number of pyridine rings is 1. The minimum absolute atomic E-state index is 0.00738. The fourth-order valence-electron chi connectivity index (χ4n) is 2.04. The number of hydrogen-bond acceptors (Lipinski definition) is 4. The average molecular weight is 307 g/mol. The first-order valence-electron chi connectivity index (χ1n) is 5.86. The van der Waals surface area contributed by atoms with E-state index in [1.54, 1.807) is 7.11 Å². The van der Waals surface area contributed by atoms with E-state index in [0.717, 1.165) is 0 Å². The Morgan fingerprint density at radius 2 is 2.05 bits per heavy atom. The fraction of sp³-hybridized carbons (Fsp3) is 0.545. The van der Waals surface area contributed by atoms with Crippen LogP contribution in [0.4, 0.5) is 0 Å². The fourth-order valence-corrected chi connectivity index (χ4v) is 3.75. The number of aromatic amines is 1. The zero-order chi connectivity index (χ0) is 14.0. The monoisotopic (exact) mass is 306 g/mol. The maximum Gasteiger partial charge on any atom is 0.266 e. The van der Waals surface area contributed by atoms with E-state index in [4.69, 9.17) is 16.3 Å². The van der Waals surface area contributed by atoms with Crippen LogP contribution in [0.5, 0.6) is 0 Å². The Morgan fingerprint density at radius 1 is 1.42 bits per heavy atom. The second-order valence-corrected chi connectivity index (χ2v) is 6.70. The van der Waals surface area contributed by atoms with Gasteiger partial charge in [-0.2, -0.15) is 4.31 Å². The molecule has 19 heavy (non-hydrogen) atoms. The minimum atomic E-state index is -3.61. The molecule has 1 saturated heterocycles. The molecule has 8 heteroatoms. The summed E-state index contributed by atoms with van der Waals surface area (Å²) in [5.74, 6) is 0. The molecule has 1 aromatic rings. The van der Waals surface area contributed by atoms with Crippen LogP contribution in [-0.2, 0) is 14.8 Å². The highest BCUT2D eigenvalue weighted by molar-refractivity contribution is 7.89. The van der Waals surface area contributed by atoms with E-state index in [1.807, 2.05) is 0 Å². The predicted octanol–water partition coefficient (Wildman–Crippen LogP) is 0.828. The molecule has 106 valence electrons. The highest BCUT2D eigenvalue weighted by Crippen LogP contribution is 2.21. The molecule has 1 N–H and O–H groups in total. The molecule has 2 heterocycles. The van der Waals surface area contributed by atoms with Crippen LogP contribution in [0.3, 0.4) is 0 Å². The molecule has 1 aromatic heterocycles. The van der Waals surface area contributed by atoms with Crippen LogP contribution >= 0.6 is 11.6 Å². The van der Waals surface area contributed by atoms with Gasteiger partial charge in [-0.05, 0) is 18.9 Å². The summed E-state index contributed by atoms with van der Waals surface area (Å²) < 4.78 is 31.3. The third kappa shape index (κ3) is 3.00. The van der Waals surface area contributed by atoms with Crippen molar-refractivity contribution in [3.63, 3.8) is 0 Å². The van der Waals surface area contributed by atoms with E-state index < -0.39 is 15.6 Å². The van der Waals surface area contributed by atoms with E-state index in [2.05, 4.69) is 4.98 Å². The van der Waals surface area contributed by atoms with Crippen molar-refractivity contribution < 1.29 is 13.2 Å². The van der Waals surface area contributed by atoms with Gasteiger partial charge < -0.3 is 9.72 Å². The van der Waals surface area contributed by atoms with Gasteiger partial charge in [0.05, 0.1) is 11.0 Å². The standard InChI is InChI=1S/C11H15ClN2O4S/c1-18-8-2-4-14(5-3-8)19(16,17)9-6-10(12)11(15)13-7-9/h6-8H,2-5H2,1H3,(H,13,15). The number of nitrogens with one attached hydrogen (secondary N) is 1. The van der Waals surface area contributed by atoms with Crippen LogP contribution in [-0.4, -0.2) is 44.0 Å². The van der Waals surface area contributed by atoms with Gasteiger partial charge in [-0.25, -0.2) is 8.42 Å². The van der Waals surface area contributed by atoms with Crippen LogP contribution in [0.25, 0.3) is 0 Å². The highest BCUT2D eigenvalue weighted by Gasteiger charge is 2.29. The second kappa shape index (κ2) is 5.62. The average Bonchev–Trinajstić information content (AvgIpc) is 2.41. The quantitative estimate of drug-likeness (QED) is 0.897. The molecule has 0 spiro atoms. The van der Waals surface area contributed by atoms with Crippen LogP contribution in [0.1, 0.15) is 12.8 Å². The lowest BCUT2D eigenvalue weighted by atomic mass is 10.1. The van der Waals surface area contributed by atoms with E-state index in [1.165, 1.54) is 16.6 Å². The summed E-state index contributed by atoms with van der Waals surface area (Å²) in [6.07, 6.45) is 2.59. The lowest BCUT2D eigenvalue weighted by Crippen LogP contribution is -2.40. The minimum Gasteiger partial charge on any atom is -0.381 e. The van der Waals surface area contributed by atoms with Crippen LogP contribution in [0.15, 0.2) is 22.0 Å². The van der Waals surface area contributed by atoms with Crippen molar-refractivity contribution in [2.45, 2.75) is 23.8 Å². The zero-order valence-electron chi connectivity index (χ0n) is 10.4. The SMILES string of the molecule is COC1CCN(S(=O)(=O)c2c[nH]c(=O)c(Cl)c2)CC1. The second-order valence-electron chi connectivity index (χ2n) is 4.35. The van der Waals surface area contributed by atoms with Gasteiger partial charge in [0.2, 0.25) is 10.0 Å². The summed E-state index contributed by atoms with van der Waals surface area (Å²) in [5, 5.41) is -0.132. The molecule has 0 amide bonds. The van der Waals surface area contributed by atoms with Gasteiger partial charge in [-0.1, -0.05) is 11.6 Å². The first kappa shape index (κ1) is 14.5. The molecule has 6 nitrogen and oxygen atoms in total. The number of nitrogens with zero attached hydrogens (tertiary/aromatic N) is 1. The van der Waals surface area contributed by atoms with Gasteiger partial charge in [-0.15, -0.1) is 0 Å². The van der Waals surface area contributed by atoms with E-state index >= 15 is 0 Å². The predicted molar refractivity (Wildman–Crippen MR) is 70.9 cm³/mol. The summed E-state index contributed by atoms with van der Waals surface area (Å²) in [6, 6.07) is 1.18. The highest BCUT2D eigenvalue weighted by atomic mass is 35.5. The zero-order valence-corrected chi connectivity index (χ0v) is 12.0. The number of rotatable bonds is 3. The van der Waals surface area contributed by atoms with Crippen LogP contribution in [0, 0.1) is 0 Å². The Hall–Kier alpha value is -0.890. The van der Waals surface area contributed by atoms with Gasteiger partial charge in [-0.3, -0.25) is 4.79 Å². The van der Waals surface area contributed by atoms with E-state index in [-0.39, 0.29) is 16.0 Å². The molecule has 0 aromatic carbocycles. The molecule has 0 aliphatic carbocycles. The number of H-pyrrole nitrogens is 1. The number of hydrogen-bond donors (Lipinski definition) is 1. The molecule has 1 aliphatic rings. The van der Waals surface area contributed by atoms with Crippen molar-refractivity contribution in [3.8, 4) is 0 Å². The van der Waals surface area contributed by atoms with Crippen LogP contribution < -0.4 is 5.56 Å². The smallest absolute Gasteiger partial charge is 0.266 e. The Kier molecular flexibility index (Phi) is 4.29. The lowest BCUT2D eigenvalue weighted by molar-refractivity contribution is 0.0604. The van der Waals surface area contributed by atoms with Crippen molar-refractivity contribution in [2.24, 2.45) is 0 Å². The van der Waals surface area contributed by atoms with Gasteiger partial charge in [0.15, 0.2) is 0 Å².